The van der Waals surface area contributed by atoms with Crippen molar-refractivity contribution in [3.63, 3.8) is 0 Å². The summed E-state index contributed by atoms with van der Waals surface area (Å²) in [5, 5.41) is 20.5. The smallest absolute Gasteiger partial charge is 0.479 e. The highest BCUT2D eigenvalue weighted by molar-refractivity contribution is 6.67. The van der Waals surface area contributed by atoms with Crippen LogP contribution in [0, 0.1) is 0 Å². The van der Waals surface area contributed by atoms with Crippen LogP contribution in [0.4, 0.5) is 4.79 Å². The van der Waals surface area contributed by atoms with Crippen molar-refractivity contribution in [1.82, 2.24) is 5.06 Å². The number of carbonyl (C=O) groups is 2. The third-order valence-electron chi connectivity index (χ3n) is 3.88. The summed E-state index contributed by atoms with van der Waals surface area (Å²) >= 11 is 17.0. The second-order valence-electron chi connectivity index (χ2n) is 6.26. The summed E-state index contributed by atoms with van der Waals surface area (Å²) in [4.78, 5) is 28.9. The summed E-state index contributed by atoms with van der Waals surface area (Å²) < 4.78 is 8.56. The van der Waals surface area contributed by atoms with Gasteiger partial charge in [0.1, 0.15) is 19.4 Å². The predicted octanol–water partition coefficient (Wildman–Crippen LogP) is 4.09. The van der Waals surface area contributed by atoms with Gasteiger partial charge in [0, 0.05) is 0 Å². The van der Waals surface area contributed by atoms with E-state index in [0.29, 0.717) is 11.1 Å². The molecule has 0 aliphatic carbocycles. The molecule has 168 valence electrons. The van der Waals surface area contributed by atoms with E-state index >= 15 is 0 Å². The Bertz CT molecular complexity index is 834. The number of hydrogen-bond acceptors (Lipinski definition) is 7. The zero-order valence-electron chi connectivity index (χ0n) is 16.1. The molecule has 0 saturated heterocycles. The Kier molecular flexibility index (Phi) is 9.83. The standard InChI is InChI=1S/C20H20Cl3NO7/c21-20(22,23)12-29-13-24(31-19(28)30-11-14-7-3-1-4-8-14)16(17(25)18(26)27)15-9-5-2-6-10-15/h1-10,16-17,25H,11-13H2,(H,26,27)/t16-,17+/m0/s1. The van der Waals surface area contributed by atoms with Crippen LogP contribution in [0.5, 0.6) is 0 Å². The Morgan fingerprint density at radius 3 is 2.13 bits per heavy atom. The zero-order valence-corrected chi connectivity index (χ0v) is 18.3. The first-order valence-corrected chi connectivity index (χ1v) is 10.1. The van der Waals surface area contributed by atoms with Crippen LogP contribution in [0.2, 0.25) is 0 Å². The number of ether oxygens (including phenoxy) is 2. The van der Waals surface area contributed by atoms with Crippen molar-refractivity contribution in [3.8, 4) is 0 Å². The number of halogens is 3. The first kappa shape index (κ1) is 25.2. The minimum absolute atomic E-state index is 0.0833. The lowest BCUT2D eigenvalue weighted by molar-refractivity contribution is -0.224. The summed E-state index contributed by atoms with van der Waals surface area (Å²) in [7, 11) is 0. The molecule has 31 heavy (non-hydrogen) atoms. The number of aliphatic hydroxyl groups excluding tert-OH is 1. The van der Waals surface area contributed by atoms with Crippen LogP contribution in [-0.2, 0) is 25.7 Å². The fourth-order valence-corrected chi connectivity index (χ4v) is 2.78. The number of carboxylic acids is 1. The van der Waals surface area contributed by atoms with Gasteiger partial charge in [0.15, 0.2) is 6.10 Å². The quantitative estimate of drug-likeness (QED) is 0.221. The average Bonchev–Trinajstić information content (AvgIpc) is 2.73. The second kappa shape index (κ2) is 12.1. The highest BCUT2D eigenvalue weighted by Gasteiger charge is 2.36. The third kappa shape index (κ3) is 8.90. The third-order valence-corrected chi connectivity index (χ3v) is 4.21. The van der Waals surface area contributed by atoms with Crippen molar-refractivity contribution in [2.24, 2.45) is 0 Å². The summed E-state index contributed by atoms with van der Waals surface area (Å²) in [5.74, 6) is -1.54. The second-order valence-corrected chi connectivity index (χ2v) is 8.78. The molecule has 2 aromatic rings. The van der Waals surface area contributed by atoms with Gasteiger partial charge >= 0.3 is 12.1 Å². The van der Waals surface area contributed by atoms with Crippen LogP contribution in [0.3, 0.4) is 0 Å². The molecule has 2 aromatic carbocycles. The highest BCUT2D eigenvalue weighted by Crippen LogP contribution is 2.28. The fraction of sp³-hybridized carbons (Fsp3) is 0.300. The molecule has 2 atom stereocenters. The molecular formula is C20H20Cl3NO7. The Balaban J connectivity index is 2.19. The lowest BCUT2D eigenvalue weighted by Gasteiger charge is -2.31. The van der Waals surface area contributed by atoms with Crippen LogP contribution < -0.4 is 0 Å². The van der Waals surface area contributed by atoms with Crippen LogP contribution in [0.1, 0.15) is 17.2 Å². The van der Waals surface area contributed by atoms with Crippen molar-refractivity contribution in [3.05, 3.63) is 71.8 Å². The van der Waals surface area contributed by atoms with Gasteiger partial charge in [0.2, 0.25) is 3.79 Å². The first-order chi connectivity index (χ1) is 14.7. The van der Waals surface area contributed by atoms with Crippen molar-refractivity contribution in [2.75, 3.05) is 13.3 Å². The van der Waals surface area contributed by atoms with Gasteiger partial charge in [-0.25, -0.2) is 9.59 Å². The molecule has 0 unspecified atom stereocenters. The van der Waals surface area contributed by atoms with Gasteiger partial charge in [-0.2, -0.15) is 0 Å². The van der Waals surface area contributed by atoms with Gasteiger partial charge in [-0.05, 0) is 11.1 Å². The molecule has 0 aliphatic heterocycles. The van der Waals surface area contributed by atoms with E-state index in [1.165, 1.54) is 0 Å². The largest absolute Gasteiger partial charge is 0.528 e. The van der Waals surface area contributed by atoms with Crippen molar-refractivity contribution in [2.45, 2.75) is 22.5 Å². The lowest BCUT2D eigenvalue weighted by Crippen LogP contribution is -2.43. The molecule has 0 aromatic heterocycles. The van der Waals surface area contributed by atoms with E-state index < -0.39 is 34.8 Å². The van der Waals surface area contributed by atoms with Crippen LogP contribution in [0.25, 0.3) is 0 Å². The van der Waals surface area contributed by atoms with Crippen molar-refractivity contribution >= 4 is 46.9 Å². The van der Waals surface area contributed by atoms with E-state index in [0.717, 1.165) is 5.06 Å². The molecule has 0 bridgehead atoms. The van der Waals surface area contributed by atoms with Crippen molar-refractivity contribution < 1.29 is 34.1 Å². The molecule has 2 rings (SSSR count). The summed E-state index contributed by atoms with van der Waals surface area (Å²) in [6.07, 6.45) is -3.11. The molecule has 8 nitrogen and oxygen atoms in total. The number of carbonyl (C=O) groups excluding carboxylic acids is 1. The number of hydroxylamine groups is 2. The fourth-order valence-electron chi connectivity index (χ4n) is 2.54. The summed E-state index contributed by atoms with van der Waals surface area (Å²) in [6, 6.07) is 15.6. The number of nitrogens with zero attached hydrogens (tertiary/aromatic N) is 1. The Labute approximate surface area is 193 Å². The molecule has 2 N–H and O–H groups in total. The molecule has 0 heterocycles. The maximum Gasteiger partial charge on any atom is 0.528 e. The van der Waals surface area contributed by atoms with Gasteiger partial charge in [-0.1, -0.05) is 95.5 Å². The van der Waals surface area contributed by atoms with E-state index in [1.807, 2.05) is 6.07 Å². The summed E-state index contributed by atoms with van der Waals surface area (Å²) in [6.45, 7) is -0.987. The average molecular weight is 493 g/mol. The SMILES string of the molecule is O=C(OCc1ccccc1)ON(COCC(Cl)(Cl)Cl)[C@@H](c1ccccc1)[C@@H](O)C(=O)O. The van der Waals surface area contributed by atoms with Gasteiger partial charge in [-0.3, -0.25) is 0 Å². The normalized spacial score (nSPS) is 13.5. The van der Waals surface area contributed by atoms with E-state index in [9.17, 15) is 19.8 Å². The highest BCUT2D eigenvalue weighted by atomic mass is 35.6. The maximum atomic E-state index is 12.3. The molecule has 11 heteroatoms. The molecular weight excluding hydrogens is 473 g/mol. The minimum Gasteiger partial charge on any atom is -0.479 e. The van der Waals surface area contributed by atoms with Gasteiger partial charge in [-0.15, -0.1) is 5.06 Å². The number of hydrogen-bond donors (Lipinski definition) is 2. The Hall–Kier alpha value is -2.07. The van der Waals surface area contributed by atoms with Crippen LogP contribution in [0.15, 0.2) is 60.7 Å². The number of aliphatic carboxylic acids is 1. The van der Waals surface area contributed by atoms with E-state index in [-0.39, 0.29) is 13.2 Å². The molecule has 0 fully saturated rings. The number of aliphatic hydroxyl groups is 1. The monoisotopic (exact) mass is 491 g/mol. The van der Waals surface area contributed by atoms with Crippen LogP contribution >= 0.6 is 34.8 Å². The first-order valence-electron chi connectivity index (χ1n) is 8.93. The van der Waals surface area contributed by atoms with E-state index in [4.69, 9.17) is 49.1 Å². The van der Waals surface area contributed by atoms with E-state index in [1.54, 1.807) is 54.6 Å². The molecule has 0 radical (unpaired) electrons. The molecule has 0 saturated carbocycles. The summed E-state index contributed by atoms with van der Waals surface area (Å²) in [5.41, 5.74) is 1.05. The molecule has 0 amide bonds. The predicted molar refractivity (Wildman–Crippen MR) is 113 cm³/mol. The number of alkyl halides is 3. The van der Waals surface area contributed by atoms with Crippen LogP contribution in [-0.4, -0.2) is 50.6 Å². The minimum atomic E-state index is -1.97. The topological polar surface area (TPSA) is 106 Å². The van der Waals surface area contributed by atoms with E-state index in [2.05, 4.69) is 0 Å². The molecule has 0 spiro atoms. The number of carboxylic acid groups (broad SMARTS) is 1. The Morgan fingerprint density at radius 2 is 1.58 bits per heavy atom. The lowest BCUT2D eigenvalue weighted by atomic mass is 10.0. The Morgan fingerprint density at radius 1 is 1.00 bits per heavy atom. The number of benzene rings is 2. The maximum absolute atomic E-state index is 12.3. The number of rotatable bonds is 10. The van der Waals surface area contributed by atoms with Gasteiger partial charge in [0.05, 0.1) is 6.61 Å². The van der Waals surface area contributed by atoms with Crippen molar-refractivity contribution in [1.29, 1.82) is 0 Å². The zero-order chi connectivity index (χ0) is 22.9. The molecule has 0 aliphatic rings. The van der Waals surface area contributed by atoms with Gasteiger partial charge in [0.25, 0.3) is 0 Å². The van der Waals surface area contributed by atoms with Gasteiger partial charge < -0.3 is 24.5 Å².